The van der Waals surface area contributed by atoms with Crippen LogP contribution in [-0.4, -0.2) is 35.4 Å². The Morgan fingerprint density at radius 1 is 1.19 bits per heavy atom. The molecule has 0 fully saturated rings. The third kappa shape index (κ3) is 3.70. The number of sulfonamides is 1. The van der Waals surface area contributed by atoms with Crippen LogP contribution >= 0.6 is 15.9 Å². The first-order valence-corrected chi connectivity index (χ1v) is 8.35. The van der Waals surface area contributed by atoms with Gasteiger partial charge >= 0.3 is 0 Å². The highest BCUT2D eigenvalue weighted by molar-refractivity contribution is 9.09. The van der Waals surface area contributed by atoms with Crippen molar-refractivity contribution in [1.29, 1.82) is 0 Å². The first kappa shape index (κ1) is 16.4. The Labute approximate surface area is 109 Å². The molecule has 0 aliphatic carbocycles. The van der Waals surface area contributed by atoms with Crippen molar-refractivity contribution in [2.75, 3.05) is 11.9 Å². The molecule has 0 saturated heterocycles. The van der Waals surface area contributed by atoms with Crippen molar-refractivity contribution in [2.24, 2.45) is 0 Å². The Kier molecular flexibility index (Phi) is 6.51. The Hall–Kier alpha value is 0.390. The summed E-state index contributed by atoms with van der Waals surface area (Å²) in [6.07, 6.45) is 1.72. The van der Waals surface area contributed by atoms with Gasteiger partial charge in [-0.15, -0.1) is 0 Å². The summed E-state index contributed by atoms with van der Waals surface area (Å²) in [7, 11) is -3.22. The van der Waals surface area contributed by atoms with Gasteiger partial charge in [0.15, 0.2) is 0 Å². The third-order valence-electron chi connectivity index (χ3n) is 2.74. The van der Waals surface area contributed by atoms with Crippen molar-refractivity contribution in [3.05, 3.63) is 0 Å². The lowest BCUT2D eigenvalue weighted by Crippen LogP contribution is -2.48. The van der Waals surface area contributed by atoms with Gasteiger partial charge in [0.1, 0.15) is 0 Å². The Balaban J connectivity index is 5.20. The maximum absolute atomic E-state index is 12.4. The number of hydrogen-bond donors (Lipinski definition) is 0. The molecule has 0 saturated carbocycles. The van der Waals surface area contributed by atoms with E-state index in [1.807, 2.05) is 13.8 Å². The minimum atomic E-state index is -3.22. The molecule has 0 N–H and O–H groups in total. The molecule has 0 spiro atoms. The van der Waals surface area contributed by atoms with Gasteiger partial charge in [-0.25, -0.2) is 8.42 Å². The second kappa shape index (κ2) is 6.36. The SMILES string of the molecule is CCC(CC)N(CCBr)S(=O)(=O)C(C)(C)C. The second-order valence-electron chi connectivity index (χ2n) is 4.89. The van der Waals surface area contributed by atoms with Gasteiger partial charge < -0.3 is 0 Å². The fourth-order valence-corrected chi connectivity index (χ4v) is 3.97. The van der Waals surface area contributed by atoms with Crippen LogP contribution in [0.2, 0.25) is 0 Å². The van der Waals surface area contributed by atoms with E-state index in [-0.39, 0.29) is 6.04 Å². The van der Waals surface area contributed by atoms with Gasteiger partial charge in [0.25, 0.3) is 0 Å². The quantitative estimate of drug-likeness (QED) is 0.707. The van der Waals surface area contributed by atoms with Crippen molar-refractivity contribution in [3.8, 4) is 0 Å². The molecule has 0 aromatic rings. The molecular weight excluding hydrogens is 290 g/mol. The fraction of sp³-hybridized carbons (Fsp3) is 1.00. The molecular formula is C11H24BrNO2S. The van der Waals surface area contributed by atoms with Crippen LogP contribution in [0.5, 0.6) is 0 Å². The van der Waals surface area contributed by atoms with Crippen LogP contribution < -0.4 is 0 Å². The van der Waals surface area contributed by atoms with Crippen molar-refractivity contribution in [1.82, 2.24) is 4.31 Å². The van der Waals surface area contributed by atoms with E-state index in [0.717, 1.165) is 12.8 Å². The van der Waals surface area contributed by atoms with E-state index >= 15 is 0 Å². The third-order valence-corrected chi connectivity index (χ3v) is 5.74. The molecule has 0 atom stereocenters. The van der Waals surface area contributed by atoms with Crippen LogP contribution in [0.3, 0.4) is 0 Å². The van der Waals surface area contributed by atoms with Crippen molar-refractivity contribution >= 4 is 26.0 Å². The van der Waals surface area contributed by atoms with E-state index in [2.05, 4.69) is 15.9 Å². The summed E-state index contributed by atoms with van der Waals surface area (Å²) in [5, 5.41) is 0.679. The van der Waals surface area contributed by atoms with Gasteiger partial charge in [0, 0.05) is 17.9 Å². The van der Waals surface area contributed by atoms with Crippen LogP contribution in [0.25, 0.3) is 0 Å². The van der Waals surface area contributed by atoms with Gasteiger partial charge in [-0.3, -0.25) is 0 Å². The summed E-state index contributed by atoms with van der Waals surface area (Å²) in [6, 6.07) is 0.113. The number of alkyl halides is 1. The molecule has 16 heavy (non-hydrogen) atoms. The molecule has 0 rings (SSSR count). The molecule has 0 aliphatic heterocycles. The van der Waals surface area contributed by atoms with E-state index in [0.29, 0.717) is 11.9 Å². The highest BCUT2D eigenvalue weighted by Crippen LogP contribution is 2.24. The molecule has 0 aromatic carbocycles. The van der Waals surface area contributed by atoms with Crippen LogP contribution in [0, 0.1) is 0 Å². The Morgan fingerprint density at radius 2 is 1.62 bits per heavy atom. The summed E-state index contributed by atoms with van der Waals surface area (Å²) < 4.78 is 25.7. The predicted molar refractivity (Wildman–Crippen MR) is 73.5 cm³/mol. The summed E-state index contributed by atoms with van der Waals surface area (Å²) in [5.74, 6) is 0. The van der Waals surface area contributed by atoms with Crippen molar-refractivity contribution < 1.29 is 8.42 Å². The van der Waals surface area contributed by atoms with Crippen LogP contribution in [-0.2, 0) is 10.0 Å². The fourth-order valence-electron chi connectivity index (χ4n) is 1.63. The minimum absolute atomic E-state index is 0.113. The summed E-state index contributed by atoms with van der Waals surface area (Å²) in [6.45, 7) is 9.89. The van der Waals surface area contributed by atoms with Crippen LogP contribution in [0.1, 0.15) is 47.5 Å². The molecule has 0 unspecified atom stereocenters. The summed E-state index contributed by atoms with van der Waals surface area (Å²) >= 11 is 3.33. The minimum Gasteiger partial charge on any atom is -0.212 e. The maximum Gasteiger partial charge on any atom is 0.219 e. The van der Waals surface area contributed by atoms with E-state index in [9.17, 15) is 8.42 Å². The standard InChI is InChI=1S/C11H24BrNO2S/c1-6-10(7-2)13(9-8-12)16(14,15)11(3,4)5/h10H,6-9H2,1-5H3. The molecule has 0 bridgehead atoms. The smallest absolute Gasteiger partial charge is 0.212 e. The highest BCUT2D eigenvalue weighted by atomic mass is 79.9. The van der Waals surface area contributed by atoms with E-state index in [4.69, 9.17) is 0 Å². The Bertz CT molecular complexity index is 292. The molecule has 98 valence electrons. The van der Waals surface area contributed by atoms with Crippen molar-refractivity contribution in [3.63, 3.8) is 0 Å². The normalized spacial score (nSPS) is 13.8. The lowest BCUT2D eigenvalue weighted by atomic mass is 10.2. The number of hydrogen-bond acceptors (Lipinski definition) is 2. The first-order valence-electron chi connectivity index (χ1n) is 5.79. The average molecular weight is 314 g/mol. The lowest BCUT2D eigenvalue weighted by molar-refractivity contribution is 0.309. The van der Waals surface area contributed by atoms with E-state index < -0.39 is 14.8 Å². The monoisotopic (exact) mass is 313 g/mol. The molecule has 0 aromatic heterocycles. The molecule has 0 aliphatic rings. The van der Waals surface area contributed by atoms with Gasteiger partial charge in [-0.1, -0.05) is 29.8 Å². The maximum atomic E-state index is 12.4. The van der Waals surface area contributed by atoms with Crippen LogP contribution in [0.4, 0.5) is 0 Å². The largest absolute Gasteiger partial charge is 0.219 e. The van der Waals surface area contributed by atoms with Gasteiger partial charge in [0.2, 0.25) is 10.0 Å². The zero-order valence-corrected chi connectivity index (χ0v) is 13.4. The van der Waals surface area contributed by atoms with E-state index in [1.54, 1.807) is 25.1 Å². The van der Waals surface area contributed by atoms with Gasteiger partial charge in [-0.05, 0) is 33.6 Å². The zero-order chi connectivity index (χ0) is 13.0. The molecule has 3 nitrogen and oxygen atoms in total. The number of rotatable bonds is 6. The number of halogens is 1. The average Bonchev–Trinajstić information content (AvgIpc) is 2.16. The predicted octanol–water partition coefficient (Wildman–Crippen LogP) is 3.00. The zero-order valence-electron chi connectivity index (χ0n) is 11.0. The van der Waals surface area contributed by atoms with Gasteiger partial charge in [-0.2, -0.15) is 4.31 Å². The molecule has 0 amide bonds. The lowest BCUT2D eigenvalue weighted by Gasteiger charge is -2.34. The topological polar surface area (TPSA) is 37.4 Å². The molecule has 0 heterocycles. The van der Waals surface area contributed by atoms with Crippen molar-refractivity contribution in [2.45, 2.75) is 58.2 Å². The summed E-state index contributed by atoms with van der Waals surface area (Å²) in [5.41, 5.74) is 0. The van der Waals surface area contributed by atoms with Crippen LogP contribution in [0.15, 0.2) is 0 Å². The second-order valence-corrected chi connectivity index (χ2v) is 8.32. The molecule has 0 radical (unpaired) electrons. The Morgan fingerprint density at radius 3 is 1.88 bits per heavy atom. The van der Waals surface area contributed by atoms with E-state index in [1.165, 1.54) is 0 Å². The van der Waals surface area contributed by atoms with Gasteiger partial charge in [0.05, 0.1) is 4.75 Å². The number of nitrogens with zero attached hydrogens (tertiary/aromatic N) is 1. The highest BCUT2D eigenvalue weighted by Gasteiger charge is 2.37. The first-order chi connectivity index (χ1) is 7.22. The summed E-state index contributed by atoms with van der Waals surface area (Å²) in [4.78, 5) is 0. The molecule has 5 heteroatoms.